The summed E-state index contributed by atoms with van der Waals surface area (Å²) in [5.74, 6) is 0.548. The van der Waals surface area contributed by atoms with Crippen molar-refractivity contribution >= 4 is 34.5 Å². The topological polar surface area (TPSA) is 115 Å². The predicted octanol–water partition coefficient (Wildman–Crippen LogP) is 2.12. The molecular formula is C25H31N7O4. The van der Waals surface area contributed by atoms with E-state index in [9.17, 15) is 9.59 Å². The van der Waals surface area contributed by atoms with Gasteiger partial charge in [-0.05, 0) is 49.6 Å². The number of amides is 1. The molecule has 0 unspecified atom stereocenters. The van der Waals surface area contributed by atoms with Crippen molar-refractivity contribution in [1.29, 1.82) is 0 Å². The number of esters is 1. The number of carbonyl (C=O) groups excluding carboxylic acids is 2. The van der Waals surface area contributed by atoms with Crippen LogP contribution in [0.3, 0.4) is 0 Å². The summed E-state index contributed by atoms with van der Waals surface area (Å²) in [6.45, 7) is 4.11. The molecule has 11 heteroatoms. The van der Waals surface area contributed by atoms with Crippen molar-refractivity contribution in [2.24, 2.45) is 0 Å². The zero-order valence-corrected chi connectivity index (χ0v) is 20.9. The van der Waals surface area contributed by atoms with Crippen molar-refractivity contribution in [2.45, 2.75) is 45.3 Å². The van der Waals surface area contributed by atoms with Gasteiger partial charge in [-0.1, -0.05) is 0 Å². The average Bonchev–Trinajstić information content (AvgIpc) is 3.49. The summed E-state index contributed by atoms with van der Waals surface area (Å²) in [5, 5.41) is 8.65. The molecule has 5 rings (SSSR count). The van der Waals surface area contributed by atoms with Gasteiger partial charge >= 0.3 is 5.97 Å². The maximum atomic E-state index is 12.6. The molecule has 2 aliphatic heterocycles. The summed E-state index contributed by atoms with van der Waals surface area (Å²) in [7, 11) is 3.78. The lowest BCUT2D eigenvalue weighted by molar-refractivity contribution is -0.150. The number of carbonyl (C=O) groups is 2. The highest BCUT2D eigenvalue weighted by atomic mass is 16.5. The SMILES string of the molecule is COc1cc2c(cc1Nc1ncc3cnn(C[C@@H]4CCCN4C(=O)COC(C)=O)c3n1)CN(C)CC2. The second-order valence-electron chi connectivity index (χ2n) is 9.40. The second-order valence-corrected chi connectivity index (χ2v) is 9.40. The zero-order valence-electron chi connectivity index (χ0n) is 20.9. The molecule has 2 aliphatic rings. The molecule has 2 aromatic heterocycles. The lowest BCUT2D eigenvalue weighted by Gasteiger charge is -2.26. The number of fused-ring (bicyclic) bond motifs is 2. The maximum absolute atomic E-state index is 12.6. The molecule has 190 valence electrons. The van der Waals surface area contributed by atoms with Crippen LogP contribution in [0.4, 0.5) is 11.6 Å². The molecule has 1 N–H and O–H groups in total. The Morgan fingerprint density at radius 1 is 1.19 bits per heavy atom. The third kappa shape index (κ3) is 4.97. The smallest absolute Gasteiger partial charge is 0.303 e. The van der Waals surface area contributed by atoms with Crippen molar-refractivity contribution in [1.82, 2.24) is 29.5 Å². The molecule has 4 heterocycles. The van der Waals surface area contributed by atoms with Crippen LogP contribution in [0.2, 0.25) is 0 Å². The van der Waals surface area contributed by atoms with E-state index >= 15 is 0 Å². The Hall–Kier alpha value is -3.73. The first-order chi connectivity index (χ1) is 17.4. The monoisotopic (exact) mass is 493 g/mol. The number of rotatable bonds is 7. The van der Waals surface area contributed by atoms with Gasteiger partial charge < -0.3 is 24.6 Å². The summed E-state index contributed by atoms with van der Waals surface area (Å²) in [4.78, 5) is 36.9. The molecule has 1 saturated heterocycles. The van der Waals surface area contributed by atoms with E-state index in [4.69, 9.17) is 14.5 Å². The molecule has 0 spiro atoms. The number of nitrogens with zero attached hydrogens (tertiary/aromatic N) is 6. The van der Waals surface area contributed by atoms with E-state index in [1.54, 1.807) is 24.4 Å². The Balaban J connectivity index is 1.36. The van der Waals surface area contributed by atoms with Crippen LogP contribution in [-0.4, -0.2) is 81.3 Å². The normalized spacial score (nSPS) is 17.8. The van der Waals surface area contributed by atoms with Gasteiger partial charge in [0.25, 0.3) is 5.91 Å². The number of aromatic nitrogens is 4. The van der Waals surface area contributed by atoms with E-state index in [2.05, 4.69) is 39.5 Å². The van der Waals surface area contributed by atoms with Crippen LogP contribution in [-0.2, 0) is 33.8 Å². The fraction of sp³-hybridized carbons (Fsp3) is 0.480. The molecule has 1 fully saturated rings. The summed E-state index contributed by atoms with van der Waals surface area (Å²) < 4.78 is 12.4. The van der Waals surface area contributed by atoms with Gasteiger partial charge in [0.1, 0.15) is 5.75 Å². The van der Waals surface area contributed by atoms with Crippen LogP contribution >= 0.6 is 0 Å². The number of benzene rings is 1. The third-order valence-corrected chi connectivity index (χ3v) is 6.83. The van der Waals surface area contributed by atoms with Gasteiger partial charge in [-0.3, -0.25) is 9.59 Å². The summed E-state index contributed by atoms with van der Waals surface area (Å²) in [5.41, 5.74) is 4.06. The highest BCUT2D eigenvalue weighted by molar-refractivity contribution is 5.80. The second kappa shape index (κ2) is 10.1. The third-order valence-electron chi connectivity index (χ3n) is 6.83. The van der Waals surface area contributed by atoms with E-state index in [1.165, 1.54) is 18.1 Å². The molecule has 0 radical (unpaired) electrons. The first-order valence-electron chi connectivity index (χ1n) is 12.2. The molecule has 36 heavy (non-hydrogen) atoms. The standard InChI is InChI=1S/C25H31N7O4/c1-16(33)36-15-23(34)31-7-4-5-20(31)14-32-24-19(12-27-32)11-26-25(29-24)28-21-9-18-13-30(2)8-6-17(18)10-22(21)35-3/h9-12,20H,4-8,13-15H2,1-3H3,(H,26,28,29)/t20-/m0/s1. The minimum Gasteiger partial charge on any atom is -0.495 e. The number of methoxy groups -OCH3 is 1. The summed E-state index contributed by atoms with van der Waals surface area (Å²) >= 11 is 0. The molecular weight excluding hydrogens is 462 g/mol. The van der Waals surface area contributed by atoms with Crippen LogP contribution in [0.5, 0.6) is 5.75 Å². The Morgan fingerprint density at radius 3 is 2.86 bits per heavy atom. The minimum atomic E-state index is -0.462. The van der Waals surface area contributed by atoms with Crippen LogP contribution in [0, 0.1) is 0 Å². The van der Waals surface area contributed by atoms with Crippen molar-refractivity contribution in [3.8, 4) is 5.75 Å². The van der Waals surface area contributed by atoms with E-state index in [0.29, 0.717) is 24.7 Å². The summed E-state index contributed by atoms with van der Waals surface area (Å²) in [6, 6.07) is 4.16. The number of likely N-dealkylation sites (N-methyl/N-ethyl adjacent to an activating group) is 1. The highest BCUT2D eigenvalue weighted by Gasteiger charge is 2.30. The van der Waals surface area contributed by atoms with Crippen molar-refractivity contribution < 1.29 is 19.1 Å². The van der Waals surface area contributed by atoms with Gasteiger partial charge in [-0.15, -0.1) is 0 Å². The number of anilines is 2. The largest absolute Gasteiger partial charge is 0.495 e. The van der Waals surface area contributed by atoms with Crippen LogP contribution in [0.25, 0.3) is 11.0 Å². The number of hydrogen-bond acceptors (Lipinski definition) is 9. The Labute approximate surface area is 209 Å². The lowest BCUT2D eigenvalue weighted by atomic mass is 9.99. The minimum absolute atomic E-state index is 0.0414. The van der Waals surface area contributed by atoms with Crippen molar-refractivity contribution in [3.63, 3.8) is 0 Å². The Morgan fingerprint density at radius 2 is 2.06 bits per heavy atom. The number of nitrogens with one attached hydrogen (secondary N) is 1. The average molecular weight is 494 g/mol. The van der Waals surface area contributed by atoms with E-state index in [-0.39, 0.29) is 18.6 Å². The number of ether oxygens (including phenoxy) is 2. The predicted molar refractivity (Wildman–Crippen MR) is 133 cm³/mol. The van der Waals surface area contributed by atoms with Crippen LogP contribution in [0.15, 0.2) is 24.5 Å². The molecule has 1 aromatic carbocycles. The molecule has 1 amide bonds. The van der Waals surface area contributed by atoms with Gasteiger partial charge in [0.15, 0.2) is 12.3 Å². The van der Waals surface area contributed by atoms with Crippen molar-refractivity contribution in [2.75, 3.05) is 39.2 Å². The first kappa shape index (κ1) is 24.0. The van der Waals surface area contributed by atoms with Crippen molar-refractivity contribution in [3.05, 3.63) is 35.7 Å². The highest BCUT2D eigenvalue weighted by Crippen LogP contribution is 2.33. The Bertz CT molecular complexity index is 1290. The molecule has 1 atom stereocenters. The van der Waals surface area contributed by atoms with Gasteiger partial charge in [0, 0.05) is 32.8 Å². The van der Waals surface area contributed by atoms with Gasteiger partial charge in [-0.2, -0.15) is 10.1 Å². The Kier molecular flexibility index (Phi) is 6.73. The zero-order chi connectivity index (χ0) is 25.2. The van der Waals surface area contributed by atoms with E-state index < -0.39 is 5.97 Å². The van der Waals surface area contributed by atoms with Crippen LogP contribution in [0.1, 0.15) is 30.9 Å². The maximum Gasteiger partial charge on any atom is 0.303 e. The molecule has 0 saturated carbocycles. The molecule has 11 nitrogen and oxygen atoms in total. The lowest BCUT2D eigenvalue weighted by Crippen LogP contribution is -2.40. The van der Waals surface area contributed by atoms with Gasteiger partial charge in [0.2, 0.25) is 5.95 Å². The van der Waals surface area contributed by atoms with E-state index in [1.807, 2.05) is 4.68 Å². The molecule has 0 aliphatic carbocycles. The molecule has 3 aromatic rings. The quantitative estimate of drug-likeness (QED) is 0.494. The molecule has 0 bridgehead atoms. The fourth-order valence-corrected chi connectivity index (χ4v) is 4.97. The van der Waals surface area contributed by atoms with Gasteiger partial charge in [0.05, 0.1) is 37.0 Å². The fourth-order valence-electron chi connectivity index (χ4n) is 4.97. The number of likely N-dealkylation sites (tertiary alicyclic amines) is 1. The summed E-state index contributed by atoms with van der Waals surface area (Å²) in [6.07, 6.45) is 6.21. The number of hydrogen-bond donors (Lipinski definition) is 1. The van der Waals surface area contributed by atoms with Crippen LogP contribution < -0.4 is 10.1 Å². The van der Waals surface area contributed by atoms with Gasteiger partial charge in [-0.25, -0.2) is 9.67 Å². The first-order valence-corrected chi connectivity index (χ1v) is 12.2. The van der Waals surface area contributed by atoms with E-state index in [0.717, 1.165) is 49.2 Å².